The van der Waals surface area contributed by atoms with Gasteiger partial charge in [0, 0.05) is 25.1 Å². The zero-order valence-corrected chi connectivity index (χ0v) is 17.7. The van der Waals surface area contributed by atoms with Gasteiger partial charge in [-0.15, -0.1) is 0 Å². The average molecular weight is 435 g/mol. The first kappa shape index (κ1) is 22.0. The van der Waals surface area contributed by atoms with E-state index in [0.29, 0.717) is 25.1 Å². The molecular formula is C21H25NO7S. The molecule has 8 nitrogen and oxygen atoms in total. The normalized spacial score (nSPS) is 15.0. The van der Waals surface area contributed by atoms with Gasteiger partial charge in [0.2, 0.25) is 15.8 Å². The second-order valence-electron chi connectivity index (χ2n) is 7.04. The first-order valence-electron chi connectivity index (χ1n) is 9.81. The summed E-state index contributed by atoms with van der Waals surface area (Å²) in [7, 11) is -2.22. The van der Waals surface area contributed by atoms with E-state index in [1.807, 2.05) is 0 Å². The molecule has 162 valence electrons. The summed E-state index contributed by atoms with van der Waals surface area (Å²) in [5, 5.41) is 0. The van der Waals surface area contributed by atoms with Crippen LogP contribution in [0.2, 0.25) is 0 Å². The summed E-state index contributed by atoms with van der Waals surface area (Å²) in [5.74, 6) is -1.06. The van der Waals surface area contributed by atoms with Crippen molar-refractivity contribution in [1.29, 1.82) is 0 Å². The predicted octanol–water partition coefficient (Wildman–Crippen LogP) is 2.92. The molecular weight excluding hydrogens is 410 g/mol. The molecule has 2 aromatic rings. The van der Waals surface area contributed by atoms with Crippen LogP contribution >= 0.6 is 0 Å². The van der Waals surface area contributed by atoms with Crippen molar-refractivity contribution < 1.29 is 31.9 Å². The lowest BCUT2D eigenvalue weighted by Gasteiger charge is -2.25. The maximum atomic E-state index is 12.7. The summed E-state index contributed by atoms with van der Waals surface area (Å²) in [6.07, 6.45) is 4.71. The number of furan rings is 1. The highest BCUT2D eigenvalue weighted by atomic mass is 32.2. The fourth-order valence-corrected chi connectivity index (χ4v) is 4.80. The van der Waals surface area contributed by atoms with Crippen molar-refractivity contribution in [3.05, 3.63) is 53.5 Å². The van der Waals surface area contributed by atoms with Crippen LogP contribution in [0.15, 0.2) is 45.9 Å². The second kappa shape index (κ2) is 9.90. The summed E-state index contributed by atoms with van der Waals surface area (Å²) in [6, 6.07) is 8.14. The minimum atomic E-state index is -3.46. The lowest BCUT2D eigenvalue weighted by atomic mass is 10.1. The molecule has 0 spiro atoms. The number of hydrogen-bond donors (Lipinski definition) is 0. The third-order valence-electron chi connectivity index (χ3n) is 5.00. The third kappa shape index (κ3) is 5.28. The zero-order chi connectivity index (χ0) is 21.6. The quantitative estimate of drug-likeness (QED) is 0.587. The second-order valence-corrected chi connectivity index (χ2v) is 8.97. The van der Waals surface area contributed by atoms with Crippen LogP contribution in [0, 0.1) is 0 Å². The van der Waals surface area contributed by atoms with Gasteiger partial charge in [-0.25, -0.2) is 13.2 Å². The number of ether oxygens (including phenoxy) is 2. The van der Waals surface area contributed by atoms with Gasteiger partial charge in [-0.05, 0) is 43.0 Å². The van der Waals surface area contributed by atoms with Crippen LogP contribution in [0.1, 0.15) is 47.4 Å². The maximum absolute atomic E-state index is 12.7. The fourth-order valence-electron chi connectivity index (χ4n) is 3.28. The Morgan fingerprint density at radius 3 is 2.43 bits per heavy atom. The minimum absolute atomic E-state index is 0.0100. The van der Waals surface area contributed by atoms with Gasteiger partial charge < -0.3 is 13.9 Å². The fraction of sp³-hybridized carbons (Fsp3) is 0.429. The third-order valence-corrected chi connectivity index (χ3v) is 6.91. The molecule has 1 fully saturated rings. The molecule has 1 saturated heterocycles. The molecule has 0 amide bonds. The Morgan fingerprint density at radius 1 is 1.07 bits per heavy atom. The van der Waals surface area contributed by atoms with E-state index in [9.17, 15) is 18.0 Å². The van der Waals surface area contributed by atoms with Gasteiger partial charge in [-0.2, -0.15) is 4.31 Å². The molecule has 0 aliphatic carbocycles. The van der Waals surface area contributed by atoms with Crippen LogP contribution in [0.3, 0.4) is 0 Å². The van der Waals surface area contributed by atoms with E-state index in [-0.39, 0.29) is 23.7 Å². The van der Waals surface area contributed by atoms with Crippen LogP contribution < -0.4 is 0 Å². The van der Waals surface area contributed by atoms with Crippen molar-refractivity contribution in [2.24, 2.45) is 0 Å². The Kier molecular flexibility index (Phi) is 7.28. The van der Waals surface area contributed by atoms with Crippen LogP contribution in [0.4, 0.5) is 0 Å². The summed E-state index contributed by atoms with van der Waals surface area (Å²) in [4.78, 5) is 23.8. The largest absolute Gasteiger partial charge is 0.463 e. The SMILES string of the molecule is COC(=O)c1occc1COC(=O)CCc1ccc(S(=O)(=O)N2CCCCC2)cc1. The molecule has 1 aliphatic heterocycles. The molecule has 9 heteroatoms. The van der Waals surface area contributed by atoms with Gasteiger partial charge in [-0.3, -0.25) is 4.79 Å². The average Bonchev–Trinajstić information content (AvgIpc) is 3.25. The number of methoxy groups -OCH3 is 1. The summed E-state index contributed by atoms with van der Waals surface area (Å²) in [6.45, 7) is 1.03. The Hall–Kier alpha value is -2.65. The molecule has 0 radical (unpaired) electrons. The molecule has 0 bridgehead atoms. The van der Waals surface area contributed by atoms with Crippen molar-refractivity contribution >= 4 is 22.0 Å². The Balaban J connectivity index is 1.51. The van der Waals surface area contributed by atoms with Crippen LogP contribution in [0.5, 0.6) is 0 Å². The van der Waals surface area contributed by atoms with E-state index in [2.05, 4.69) is 4.74 Å². The highest BCUT2D eigenvalue weighted by Crippen LogP contribution is 2.21. The van der Waals surface area contributed by atoms with E-state index in [1.54, 1.807) is 30.3 Å². The number of benzene rings is 1. The van der Waals surface area contributed by atoms with Gasteiger partial charge >= 0.3 is 11.9 Å². The van der Waals surface area contributed by atoms with Crippen molar-refractivity contribution in [2.45, 2.75) is 43.6 Å². The van der Waals surface area contributed by atoms with E-state index in [0.717, 1.165) is 24.8 Å². The molecule has 2 heterocycles. The summed E-state index contributed by atoms with van der Waals surface area (Å²) < 4.78 is 41.7. The first-order valence-corrected chi connectivity index (χ1v) is 11.2. The molecule has 1 aromatic heterocycles. The van der Waals surface area contributed by atoms with E-state index in [1.165, 1.54) is 17.7 Å². The van der Waals surface area contributed by atoms with E-state index < -0.39 is 22.0 Å². The molecule has 1 aromatic carbocycles. The molecule has 0 unspecified atom stereocenters. The number of rotatable bonds is 8. The number of piperidine rings is 1. The molecule has 1 aliphatic rings. The number of sulfonamides is 1. The minimum Gasteiger partial charge on any atom is -0.463 e. The van der Waals surface area contributed by atoms with Crippen LogP contribution in [-0.2, 0) is 37.3 Å². The maximum Gasteiger partial charge on any atom is 0.374 e. The van der Waals surface area contributed by atoms with Crippen molar-refractivity contribution in [2.75, 3.05) is 20.2 Å². The summed E-state index contributed by atoms with van der Waals surface area (Å²) in [5.41, 5.74) is 1.27. The van der Waals surface area contributed by atoms with E-state index in [4.69, 9.17) is 9.15 Å². The smallest absolute Gasteiger partial charge is 0.374 e. The van der Waals surface area contributed by atoms with Crippen molar-refractivity contribution in [1.82, 2.24) is 4.31 Å². The molecule has 0 N–H and O–H groups in total. The van der Waals surface area contributed by atoms with Gasteiger partial charge in [0.25, 0.3) is 0 Å². The van der Waals surface area contributed by atoms with E-state index >= 15 is 0 Å². The number of hydrogen-bond acceptors (Lipinski definition) is 7. The van der Waals surface area contributed by atoms with Gasteiger partial charge in [0.15, 0.2) is 0 Å². The lowest BCUT2D eigenvalue weighted by molar-refractivity contribution is -0.144. The van der Waals surface area contributed by atoms with Crippen LogP contribution in [-0.4, -0.2) is 44.9 Å². The molecule has 0 atom stereocenters. The Morgan fingerprint density at radius 2 is 1.77 bits per heavy atom. The number of carbonyl (C=O) groups excluding carboxylic acids is 2. The van der Waals surface area contributed by atoms with Crippen molar-refractivity contribution in [3.63, 3.8) is 0 Å². The lowest BCUT2D eigenvalue weighted by Crippen LogP contribution is -2.35. The van der Waals surface area contributed by atoms with Gasteiger partial charge in [0.05, 0.1) is 18.3 Å². The molecule has 3 rings (SSSR count). The number of carbonyl (C=O) groups is 2. The van der Waals surface area contributed by atoms with Gasteiger partial charge in [0.1, 0.15) is 6.61 Å². The zero-order valence-electron chi connectivity index (χ0n) is 16.8. The molecule has 30 heavy (non-hydrogen) atoms. The number of esters is 2. The van der Waals surface area contributed by atoms with Crippen LogP contribution in [0.25, 0.3) is 0 Å². The monoisotopic (exact) mass is 435 g/mol. The predicted molar refractivity (Wildman–Crippen MR) is 107 cm³/mol. The molecule has 0 saturated carbocycles. The highest BCUT2D eigenvalue weighted by molar-refractivity contribution is 7.89. The standard InChI is InChI=1S/C21H25NO7S/c1-27-21(24)20-17(11-14-28-20)15-29-19(23)10-7-16-5-8-18(9-6-16)30(25,26)22-12-3-2-4-13-22/h5-6,8-9,11,14H,2-4,7,10,12-13,15H2,1H3. The number of aryl methyl sites for hydroxylation is 1. The van der Waals surface area contributed by atoms with Crippen molar-refractivity contribution in [3.8, 4) is 0 Å². The first-order chi connectivity index (χ1) is 14.4. The Labute approximate surface area is 175 Å². The summed E-state index contributed by atoms with van der Waals surface area (Å²) >= 11 is 0. The van der Waals surface area contributed by atoms with Gasteiger partial charge in [-0.1, -0.05) is 18.6 Å². The topological polar surface area (TPSA) is 103 Å². The highest BCUT2D eigenvalue weighted by Gasteiger charge is 2.25. The Bertz CT molecular complexity index is 973. The number of nitrogens with zero attached hydrogens (tertiary/aromatic N) is 1.